The maximum atomic E-state index is 11.8. The summed E-state index contributed by atoms with van der Waals surface area (Å²) in [6.07, 6.45) is 3.69. The summed E-state index contributed by atoms with van der Waals surface area (Å²) in [5, 5.41) is 7.61. The first-order valence-corrected chi connectivity index (χ1v) is 8.14. The number of furan rings is 1. The lowest BCUT2D eigenvalue weighted by Gasteiger charge is -2.03. The van der Waals surface area contributed by atoms with Crippen molar-refractivity contribution in [1.82, 2.24) is 0 Å². The Bertz CT molecular complexity index is 789. The topological polar surface area (TPSA) is 102 Å². The number of primary sulfonamides is 1. The molecule has 1 aromatic carbocycles. The van der Waals surface area contributed by atoms with Gasteiger partial charge < -0.3 is 9.73 Å². The van der Waals surface area contributed by atoms with Gasteiger partial charge in [-0.3, -0.25) is 4.79 Å². The molecule has 0 fully saturated rings. The van der Waals surface area contributed by atoms with Gasteiger partial charge in [-0.2, -0.15) is 0 Å². The number of hydrogen-bond acceptors (Lipinski definition) is 4. The van der Waals surface area contributed by atoms with Crippen molar-refractivity contribution in [2.75, 3.05) is 5.32 Å². The van der Waals surface area contributed by atoms with Crippen molar-refractivity contribution in [2.24, 2.45) is 5.14 Å². The maximum Gasteiger partial charge on any atom is 0.248 e. The summed E-state index contributed by atoms with van der Waals surface area (Å²) in [5.41, 5.74) is 0.468. The second-order valence-electron chi connectivity index (χ2n) is 4.55. The number of hydrogen-bond donors (Lipinski definition) is 2. The van der Waals surface area contributed by atoms with Gasteiger partial charge >= 0.3 is 0 Å². The lowest BCUT2D eigenvalue weighted by atomic mass is 10.3. The van der Waals surface area contributed by atoms with E-state index in [0.717, 1.165) is 12.2 Å². The van der Waals surface area contributed by atoms with Crippen molar-refractivity contribution in [1.29, 1.82) is 0 Å². The third-order valence-corrected chi connectivity index (χ3v) is 3.81. The van der Waals surface area contributed by atoms with Crippen LogP contribution >= 0.6 is 0 Å². The molecule has 0 radical (unpaired) electrons. The Balaban J connectivity index is 1.99. The molecule has 2 aromatic rings. The molecule has 0 atom stereocenters. The molecule has 1 heterocycles. The molecule has 116 valence electrons. The number of rotatable bonds is 5. The predicted octanol–water partition coefficient (Wildman–Crippen LogP) is 2.14. The van der Waals surface area contributed by atoms with Gasteiger partial charge in [0.25, 0.3) is 0 Å². The first-order chi connectivity index (χ1) is 10.4. The zero-order chi connectivity index (χ0) is 16.2. The summed E-state index contributed by atoms with van der Waals surface area (Å²) in [5.74, 6) is 1.09. The minimum absolute atomic E-state index is 0.0104. The van der Waals surface area contributed by atoms with Gasteiger partial charge in [0, 0.05) is 18.2 Å². The number of nitrogens with one attached hydrogen (secondary N) is 1. The van der Waals surface area contributed by atoms with Crippen LogP contribution in [-0.2, 0) is 21.2 Å². The van der Waals surface area contributed by atoms with E-state index in [0.29, 0.717) is 11.4 Å². The van der Waals surface area contributed by atoms with Crippen LogP contribution in [0, 0.1) is 0 Å². The number of nitrogens with two attached hydrogens (primary N) is 1. The van der Waals surface area contributed by atoms with Crippen molar-refractivity contribution in [3.8, 4) is 0 Å². The molecule has 1 amide bonds. The Morgan fingerprint density at radius 2 is 1.91 bits per heavy atom. The van der Waals surface area contributed by atoms with Crippen molar-refractivity contribution in [3.05, 3.63) is 54.0 Å². The molecular formula is C15H16N2O4S. The highest BCUT2D eigenvalue weighted by Crippen LogP contribution is 2.13. The molecule has 0 saturated carbocycles. The van der Waals surface area contributed by atoms with Crippen molar-refractivity contribution in [3.63, 3.8) is 0 Å². The van der Waals surface area contributed by atoms with Crippen molar-refractivity contribution >= 4 is 27.7 Å². The highest BCUT2D eigenvalue weighted by molar-refractivity contribution is 7.89. The molecule has 6 nitrogen and oxygen atoms in total. The minimum Gasteiger partial charge on any atom is -0.462 e. The fourth-order valence-corrected chi connectivity index (χ4v) is 2.26. The Morgan fingerprint density at radius 1 is 1.23 bits per heavy atom. The summed E-state index contributed by atoms with van der Waals surface area (Å²) < 4.78 is 27.7. The van der Waals surface area contributed by atoms with Gasteiger partial charge in [-0.05, 0) is 42.5 Å². The average Bonchev–Trinajstić information content (AvgIpc) is 2.93. The van der Waals surface area contributed by atoms with Crippen molar-refractivity contribution in [2.45, 2.75) is 18.2 Å². The summed E-state index contributed by atoms with van der Waals surface area (Å²) >= 11 is 0. The summed E-state index contributed by atoms with van der Waals surface area (Å²) in [6, 6.07) is 9.22. The summed E-state index contributed by atoms with van der Waals surface area (Å²) in [4.78, 5) is 11.8. The van der Waals surface area contributed by atoms with E-state index in [-0.39, 0.29) is 10.8 Å². The Kier molecular flexibility index (Phi) is 4.79. The molecule has 0 spiro atoms. The van der Waals surface area contributed by atoms with Gasteiger partial charge in [0.2, 0.25) is 15.9 Å². The molecule has 0 aliphatic heterocycles. The third-order valence-electron chi connectivity index (χ3n) is 2.88. The van der Waals surface area contributed by atoms with Gasteiger partial charge in [0.05, 0.1) is 4.90 Å². The zero-order valence-corrected chi connectivity index (χ0v) is 12.8. The van der Waals surface area contributed by atoms with E-state index in [1.807, 2.05) is 13.0 Å². The monoisotopic (exact) mass is 320 g/mol. The van der Waals surface area contributed by atoms with E-state index in [4.69, 9.17) is 9.56 Å². The fourth-order valence-electron chi connectivity index (χ4n) is 1.74. The second-order valence-corrected chi connectivity index (χ2v) is 6.11. The van der Waals surface area contributed by atoms with Crippen LogP contribution in [0.4, 0.5) is 5.69 Å². The van der Waals surface area contributed by atoms with Crippen LogP contribution in [-0.4, -0.2) is 14.3 Å². The molecule has 0 unspecified atom stereocenters. The Hall–Kier alpha value is -2.38. The number of benzene rings is 1. The molecule has 3 N–H and O–H groups in total. The number of anilines is 1. The van der Waals surface area contributed by atoms with E-state index < -0.39 is 10.0 Å². The minimum atomic E-state index is -3.73. The normalized spacial score (nSPS) is 11.7. The van der Waals surface area contributed by atoms with Gasteiger partial charge in [0.15, 0.2) is 0 Å². The average molecular weight is 320 g/mol. The number of sulfonamides is 1. The molecule has 22 heavy (non-hydrogen) atoms. The molecule has 0 bridgehead atoms. The fraction of sp³-hybridized carbons (Fsp3) is 0.133. The van der Waals surface area contributed by atoms with Gasteiger partial charge in [0.1, 0.15) is 11.5 Å². The summed E-state index contributed by atoms with van der Waals surface area (Å²) in [7, 11) is -3.73. The molecule has 0 saturated heterocycles. The van der Waals surface area contributed by atoms with Crippen molar-refractivity contribution < 1.29 is 17.6 Å². The first kappa shape index (κ1) is 16.0. The van der Waals surface area contributed by atoms with Crippen LogP contribution in [0.2, 0.25) is 0 Å². The van der Waals surface area contributed by atoms with E-state index in [1.54, 1.807) is 12.1 Å². The van der Waals surface area contributed by atoms with E-state index in [9.17, 15) is 13.2 Å². The SMILES string of the molecule is CCc1ccc(C=CC(=O)Nc2ccc(S(N)(=O)=O)cc2)o1. The molecule has 0 aliphatic rings. The largest absolute Gasteiger partial charge is 0.462 e. The molecular weight excluding hydrogens is 304 g/mol. The number of carbonyl (C=O) groups is 1. The maximum absolute atomic E-state index is 11.8. The van der Waals surface area contributed by atoms with Crippen LogP contribution in [0.25, 0.3) is 6.08 Å². The number of amides is 1. The van der Waals surface area contributed by atoms with Crippen LogP contribution in [0.1, 0.15) is 18.4 Å². The first-order valence-electron chi connectivity index (χ1n) is 6.59. The smallest absolute Gasteiger partial charge is 0.248 e. The molecule has 1 aromatic heterocycles. The second kappa shape index (κ2) is 6.59. The van der Waals surface area contributed by atoms with Gasteiger partial charge in [-0.25, -0.2) is 13.6 Å². The number of carbonyl (C=O) groups excluding carboxylic acids is 1. The van der Waals surface area contributed by atoms with Crippen LogP contribution in [0.5, 0.6) is 0 Å². The molecule has 2 rings (SSSR count). The molecule has 7 heteroatoms. The van der Waals surface area contributed by atoms with Crippen LogP contribution in [0.3, 0.4) is 0 Å². The quantitative estimate of drug-likeness (QED) is 0.824. The van der Waals surface area contributed by atoms with Gasteiger partial charge in [-0.15, -0.1) is 0 Å². The number of aryl methyl sites for hydroxylation is 1. The lowest BCUT2D eigenvalue weighted by Crippen LogP contribution is -2.12. The Morgan fingerprint density at radius 3 is 2.45 bits per heavy atom. The van der Waals surface area contributed by atoms with E-state index in [2.05, 4.69) is 5.32 Å². The Labute approximate surface area is 128 Å². The third kappa shape index (κ3) is 4.31. The lowest BCUT2D eigenvalue weighted by molar-refractivity contribution is -0.111. The van der Waals surface area contributed by atoms with Crippen LogP contribution in [0.15, 0.2) is 51.8 Å². The van der Waals surface area contributed by atoms with Crippen LogP contribution < -0.4 is 10.5 Å². The van der Waals surface area contributed by atoms with E-state index in [1.165, 1.54) is 30.3 Å². The van der Waals surface area contributed by atoms with E-state index >= 15 is 0 Å². The predicted molar refractivity (Wildman–Crippen MR) is 83.6 cm³/mol. The zero-order valence-electron chi connectivity index (χ0n) is 11.9. The summed E-state index contributed by atoms with van der Waals surface area (Å²) in [6.45, 7) is 1.98. The van der Waals surface area contributed by atoms with Gasteiger partial charge in [-0.1, -0.05) is 6.92 Å². The highest BCUT2D eigenvalue weighted by atomic mass is 32.2. The molecule has 0 aliphatic carbocycles. The standard InChI is InChI=1S/C15H16N2O4S/c1-2-12-5-6-13(21-12)7-10-15(18)17-11-3-8-14(9-4-11)22(16,19)20/h3-10H,2H2,1H3,(H,17,18)(H2,16,19,20). The highest BCUT2D eigenvalue weighted by Gasteiger charge is 2.07.